The van der Waals surface area contributed by atoms with E-state index in [9.17, 15) is 4.79 Å². The van der Waals surface area contributed by atoms with Crippen molar-refractivity contribution in [3.63, 3.8) is 0 Å². The van der Waals surface area contributed by atoms with Crippen LogP contribution >= 0.6 is 27.3 Å². The van der Waals surface area contributed by atoms with Gasteiger partial charge >= 0.3 is 0 Å². The molecule has 0 bridgehead atoms. The average molecular weight is 312 g/mol. The van der Waals surface area contributed by atoms with Gasteiger partial charge in [0.05, 0.1) is 20.5 Å². The van der Waals surface area contributed by atoms with E-state index in [1.54, 1.807) is 12.1 Å². The summed E-state index contributed by atoms with van der Waals surface area (Å²) in [6, 6.07) is 5.37. The van der Waals surface area contributed by atoms with E-state index in [0.717, 1.165) is 9.35 Å². The molecule has 0 radical (unpaired) electrons. The van der Waals surface area contributed by atoms with Crippen LogP contribution in [-0.4, -0.2) is 10.9 Å². The van der Waals surface area contributed by atoms with Crippen LogP contribution in [0.15, 0.2) is 28.2 Å². The lowest BCUT2D eigenvalue weighted by Gasteiger charge is -2.06. The van der Waals surface area contributed by atoms with Gasteiger partial charge in [0.1, 0.15) is 5.82 Å². The minimum atomic E-state index is -0.166. The van der Waals surface area contributed by atoms with E-state index in [4.69, 9.17) is 5.73 Å². The molecule has 0 aliphatic rings. The largest absolute Gasteiger partial charge is 0.397 e. The van der Waals surface area contributed by atoms with Crippen molar-refractivity contribution in [1.29, 1.82) is 0 Å². The molecule has 17 heavy (non-hydrogen) atoms. The van der Waals surface area contributed by atoms with Crippen LogP contribution in [0.1, 0.15) is 15.2 Å². The topological polar surface area (TPSA) is 68.0 Å². The van der Waals surface area contributed by atoms with E-state index in [1.165, 1.54) is 17.5 Å². The van der Waals surface area contributed by atoms with E-state index in [1.807, 2.05) is 13.0 Å². The van der Waals surface area contributed by atoms with Crippen molar-refractivity contribution >= 4 is 44.7 Å². The molecule has 4 nitrogen and oxygen atoms in total. The maximum atomic E-state index is 11.9. The van der Waals surface area contributed by atoms with E-state index in [-0.39, 0.29) is 5.91 Å². The SMILES string of the molecule is Cc1cc(N)cnc1NC(=O)c1ccc(Br)s1. The summed E-state index contributed by atoms with van der Waals surface area (Å²) < 4.78 is 0.921. The predicted molar refractivity (Wildman–Crippen MR) is 73.4 cm³/mol. The number of pyridine rings is 1. The van der Waals surface area contributed by atoms with Gasteiger partial charge in [-0.05, 0) is 46.6 Å². The number of aryl methyl sites for hydroxylation is 1. The van der Waals surface area contributed by atoms with Gasteiger partial charge < -0.3 is 11.1 Å². The summed E-state index contributed by atoms with van der Waals surface area (Å²) in [4.78, 5) is 16.6. The minimum absolute atomic E-state index is 0.166. The molecule has 2 aromatic heterocycles. The zero-order chi connectivity index (χ0) is 12.4. The van der Waals surface area contributed by atoms with Gasteiger partial charge in [0.15, 0.2) is 0 Å². The van der Waals surface area contributed by atoms with Crippen LogP contribution < -0.4 is 11.1 Å². The number of carbonyl (C=O) groups excluding carboxylic acids is 1. The Hall–Kier alpha value is -1.40. The normalized spacial score (nSPS) is 10.2. The van der Waals surface area contributed by atoms with Crippen LogP contribution in [0, 0.1) is 6.92 Å². The van der Waals surface area contributed by atoms with E-state index in [2.05, 4.69) is 26.2 Å². The molecule has 6 heteroatoms. The summed E-state index contributed by atoms with van der Waals surface area (Å²) >= 11 is 4.69. The summed E-state index contributed by atoms with van der Waals surface area (Å²) in [6.07, 6.45) is 1.52. The number of carbonyl (C=O) groups is 1. The summed E-state index contributed by atoms with van der Waals surface area (Å²) in [7, 11) is 0. The Bertz CT molecular complexity index is 568. The molecule has 0 saturated carbocycles. The lowest BCUT2D eigenvalue weighted by atomic mass is 10.2. The lowest BCUT2D eigenvalue weighted by molar-refractivity contribution is 0.103. The lowest BCUT2D eigenvalue weighted by Crippen LogP contribution is -2.12. The first-order chi connectivity index (χ1) is 8.06. The first-order valence-electron chi connectivity index (χ1n) is 4.85. The number of halogens is 1. The molecule has 2 aromatic rings. The highest BCUT2D eigenvalue weighted by Crippen LogP contribution is 2.23. The zero-order valence-electron chi connectivity index (χ0n) is 9.03. The Kier molecular flexibility index (Phi) is 3.44. The minimum Gasteiger partial charge on any atom is -0.397 e. The molecule has 88 valence electrons. The van der Waals surface area contributed by atoms with Crippen LogP contribution in [-0.2, 0) is 0 Å². The van der Waals surface area contributed by atoms with Crippen molar-refractivity contribution in [2.24, 2.45) is 0 Å². The number of nitrogens with two attached hydrogens (primary N) is 1. The number of amides is 1. The van der Waals surface area contributed by atoms with Crippen molar-refractivity contribution in [2.75, 3.05) is 11.1 Å². The second-order valence-corrected chi connectivity index (χ2v) is 5.96. The number of rotatable bonds is 2. The Morgan fingerprint density at radius 3 is 2.88 bits per heavy atom. The molecule has 0 fully saturated rings. The Labute approximate surface area is 111 Å². The first-order valence-corrected chi connectivity index (χ1v) is 6.46. The van der Waals surface area contributed by atoms with Gasteiger partial charge in [-0.3, -0.25) is 4.79 Å². The van der Waals surface area contributed by atoms with Crippen LogP contribution in [0.25, 0.3) is 0 Å². The summed E-state index contributed by atoms with van der Waals surface area (Å²) in [5.74, 6) is 0.370. The molecule has 1 amide bonds. The summed E-state index contributed by atoms with van der Waals surface area (Å²) in [6.45, 7) is 1.85. The molecule has 0 spiro atoms. The third-order valence-electron chi connectivity index (χ3n) is 2.13. The van der Waals surface area contributed by atoms with Crippen molar-refractivity contribution in [3.8, 4) is 0 Å². The van der Waals surface area contributed by atoms with Gasteiger partial charge in [-0.2, -0.15) is 0 Å². The average Bonchev–Trinajstić information content (AvgIpc) is 2.69. The van der Waals surface area contributed by atoms with Crippen LogP contribution in [0.3, 0.4) is 0 Å². The van der Waals surface area contributed by atoms with Crippen molar-refractivity contribution < 1.29 is 4.79 Å². The maximum Gasteiger partial charge on any atom is 0.266 e. The second kappa shape index (κ2) is 4.85. The molecule has 0 aliphatic heterocycles. The number of thiophene rings is 1. The van der Waals surface area contributed by atoms with E-state index in [0.29, 0.717) is 16.4 Å². The fraction of sp³-hybridized carbons (Fsp3) is 0.0909. The highest BCUT2D eigenvalue weighted by atomic mass is 79.9. The number of hydrogen-bond acceptors (Lipinski definition) is 4. The van der Waals surface area contributed by atoms with Gasteiger partial charge in [0, 0.05) is 0 Å². The summed E-state index contributed by atoms with van der Waals surface area (Å²) in [5, 5.41) is 2.75. The molecule has 0 atom stereocenters. The van der Waals surface area contributed by atoms with Gasteiger partial charge in [0.25, 0.3) is 5.91 Å². The quantitative estimate of drug-likeness (QED) is 0.895. The molecule has 2 rings (SSSR count). The van der Waals surface area contributed by atoms with Gasteiger partial charge in [-0.1, -0.05) is 0 Å². The Morgan fingerprint density at radius 2 is 2.29 bits per heavy atom. The monoisotopic (exact) mass is 311 g/mol. The van der Waals surface area contributed by atoms with Crippen molar-refractivity contribution in [1.82, 2.24) is 4.98 Å². The van der Waals surface area contributed by atoms with Crippen LogP contribution in [0.5, 0.6) is 0 Å². The van der Waals surface area contributed by atoms with Crippen LogP contribution in [0.2, 0.25) is 0 Å². The fourth-order valence-corrected chi connectivity index (χ4v) is 2.61. The molecule has 2 heterocycles. The van der Waals surface area contributed by atoms with Gasteiger partial charge in [-0.15, -0.1) is 11.3 Å². The number of hydrogen-bond donors (Lipinski definition) is 2. The standard InChI is InChI=1S/C11H10BrN3OS/c1-6-4-7(13)5-14-10(6)15-11(16)8-2-3-9(12)17-8/h2-5H,13H2,1H3,(H,14,15,16). The number of anilines is 2. The van der Waals surface area contributed by atoms with Crippen molar-refractivity contribution in [3.05, 3.63) is 38.6 Å². The van der Waals surface area contributed by atoms with Gasteiger partial charge in [-0.25, -0.2) is 4.98 Å². The van der Waals surface area contributed by atoms with Crippen LogP contribution in [0.4, 0.5) is 11.5 Å². The molecule has 0 aliphatic carbocycles. The Morgan fingerprint density at radius 1 is 1.53 bits per heavy atom. The maximum absolute atomic E-state index is 11.9. The fourth-order valence-electron chi connectivity index (χ4n) is 1.33. The molecule has 0 aromatic carbocycles. The smallest absolute Gasteiger partial charge is 0.266 e. The molecule has 3 N–H and O–H groups in total. The number of nitrogens with one attached hydrogen (secondary N) is 1. The second-order valence-electron chi connectivity index (χ2n) is 3.49. The zero-order valence-corrected chi connectivity index (χ0v) is 11.4. The number of nitrogens with zero attached hydrogens (tertiary/aromatic N) is 1. The number of nitrogen functional groups attached to an aromatic ring is 1. The summed E-state index contributed by atoms with van der Waals surface area (Å²) in [5.41, 5.74) is 7.02. The van der Waals surface area contributed by atoms with E-state index >= 15 is 0 Å². The third kappa shape index (κ3) is 2.83. The highest BCUT2D eigenvalue weighted by Gasteiger charge is 2.10. The predicted octanol–water partition coefficient (Wildman–Crippen LogP) is 3.05. The third-order valence-corrected chi connectivity index (χ3v) is 3.75. The molecule has 0 saturated heterocycles. The molecular weight excluding hydrogens is 302 g/mol. The van der Waals surface area contributed by atoms with E-state index < -0.39 is 0 Å². The van der Waals surface area contributed by atoms with Crippen molar-refractivity contribution in [2.45, 2.75) is 6.92 Å². The molecule has 0 unspecified atom stereocenters. The number of aromatic nitrogens is 1. The van der Waals surface area contributed by atoms with Gasteiger partial charge in [0.2, 0.25) is 0 Å². The highest BCUT2D eigenvalue weighted by molar-refractivity contribution is 9.11. The first kappa shape index (κ1) is 12.1. The molecular formula is C11H10BrN3OS. The Balaban J connectivity index is 2.18.